The summed E-state index contributed by atoms with van der Waals surface area (Å²) in [5.41, 5.74) is 3.16. The van der Waals surface area contributed by atoms with Gasteiger partial charge in [-0.25, -0.2) is 0 Å². The number of carbonyl (C=O) groups is 1. The smallest absolute Gasteiger partial charge is 0.231 e. The highest BCUT2D eigenvalue weighted by molar-refractivity contribution is 5.77. The third-order valence-corrected chi connectivity index (χ3v) is 6.27. The summed E-state index contributed by atoms with van der Waals surface area (Å²) in [5.74, 6) is -0.592. The molecular formula is C27H25NO4. The zero-order valence-electron chi connectivity index (χ0n) is 17.8. The van der Waals surface area contributed by atoms with Crippen molar-refractivity contribution in [3.8, 4) is 5.75 Å². The summed E-state index contributed by atoms with van der Waals surface area (Å²) < 4.78 is 5.41. The fourth-order valence-electron chi connectivity index (χ4n) is 4.89. The van der Waals surface area contributed by atoms with Crippen LogP contribution < -0.4 is 4.74 Å². The van der Waals surface area contributed by atoms with Gasteiger partial charge in [0.05, 0.1) is 18.9 Å². The molecule has 4 atom stereocenters. The molecule has 5 nitrogen and oxygen atoms in total. The van der Waals surface area contributed by atoms with Crippen molar-refractivity contribution in [3.05, 3.63) is 123 Å². The molecule has 1 aliphatic carbocycles. The molecule has 5 heteroatoms. The maximum Gasteiger partial charge on any atom is 0.231 e. The fraction of sp³-hybridized carbons (Fsp3) is 0.222. The van der Waals surface area contributed by atoms with Gasteiger partial charge in [-0.05, 0) is 41.2 Å². The number of benzene rings is 3. The van der Waals surface area contributed by atoms with Gasteiger partial charge in [0.15, 0.2) is 0 Å². The molecule has 32 heavy (non-hydrogen) atoms. The lowest BCUT2D eigenvalue weighted by Gasteiger charge is -2.37. The van der Waals surface area contributed by atoms with Crippen molar-refractivity contribution in [2.75, 3.05) is 7.11 Å². The van der Waals surface area contributed by atoms with E-state index in [0.717, 1.165) is 23.0 Å². The number of nitro groups is 1. The zero-order chi connectivity index (χ0) is 22.5. The normalized spacial score (nSPS) is 22.6. The highest BCUT2D eigenvalue weighted by Gasteiger charge is 2.49. The van der Waals surface area contributed by atoms with Gasteiger partial charge < -0.3 is 4.74 Å². The second kappa shape index (κ2) is 9.60. The third kappa shape index (κ3) is 4.33. The molecule has 0 heterocycles. The number of carbonyl (C=O) groups excluding carboxylic acids is 1. The number of hydrogen-bond donors (Lipinski definition) is 0. The van der Waals surface area contributed by atoms with Crippen molar-refractivity contribution in [1.29, 1.82) is 0 Å². The summed E-state index contributed by atoms with van der Waals surface area (Å²) in [7, 11) is 1.59. The Labute approximate surface area is 187 Å². The number of rotatable bonds is 7. The van der Waals surface area contributed by atoms with Gasteiger partial charge in [0.1, 0.15) is 12.0 Å². The molecule has 0 fully saturated rings. The highest BCUT2D eigenvalue weighted by Crippen LogP contribution is 2.47. The molecule has 0 radical (unpaired) electrons. The van der Waals surface area contributed by atoms with Crippen LogP contribution >= 0.6 is 0 Å². The predicted molar refractivity (Wildman–Crippen MR) is 123 cm³/mol. The fourth-order valence-corrected chi connectivity index (χ4v) is 4.89. The van der Waals surface area contributed by atoms with Crippen LogP contribution in [0.15, 0.2) is 96.6 Å². The van der Waals surface area contributed by atoms with E-state index in [2.05, 4.69) is 0 Å². The molecule has 0 spiro atoms. The zero-order valence-corrected chi connectivity index (χ0v) is 17.8. The van der Waals surface area contributed by atoms with Gasteiger partial charge in [0.25, 0.3) is 0 Å². The van der Waals surface area contributed by atoms with Crippen LogP contribution in [-0.2, 0) is 11.2 Å². The first kappa shape index (κ1) is 21.5. The quantitative estimate of drug-likeness (QED) is 0.295. The lowest BCUT2D eigenvalue weighted by molar-refractivity contribution is -0.531. The SMILES string of the molecule is COc1cccc([C@H]2[C@@H]([N+](=O)[O-])[C@H](c3ccccc3)C(C=O)=C[C@@H]2Cc2ccccc2)c1. The van der Waals surface area contributed by atoms with E-state index < -0.39 is 17.9 Å². The molecule has 0 amide bonds. The Morgan fingerprint density at radius 2 is 1.59 bits per heavy atom. The number of methoxy groups -OCH3 is 1. The van der Waals surface area contributed by atoms with E-state index in [9.17, 15) is 14.9 Å². The van der Waals surface area contributed by atoms with E-state index in [1.54, 1.807) is 7.11 Å². The minimum Gasteiger partial charge on any atom is -0.497 e. The Morgan fingerprint density at radius 1 is 0.938 bits per heavy atom. The number of allylic oxidation sites excluding steroid dienone is 1. The molecule has 3 aromatic carbocycles. The topological polar surface area (TPSA) is 69.4 Å². The Hall–Kier alpha value is -3.73. The average Bonchev–Trinajstić information content (AvgIpc) is 2.84. The summed E-state index contributed by atoms with van der Waals surface area (Å²) in [6.07, 6.45) is 3.33. The molecule has 162 valence electrons. The van der Waals surface area contributed by atoms with Crippen molar-refractivity contribution in [3.63, 3.8) is 0 Å². The van der Waals surface area contributed by atoms with E-state index >= 15 is 0 Å². The Morgan fingerprint density at radius 3 is 2.22 bits per heavy atom. The Bertz CT molecular complexity index is 1110. The first-order valence-corrected chi connectivity index (χ1v) is 10.7. The van der Waals surface area contributed by atoms with Crippen molar-refractivity contribution >= 4 is 6.29 Å². The van der Waals surface area contributed by atoms with Crippen LogP contribution in [0, 0.1) is 16.0 Å². The average molecular weight is 428 g/mol. The van der Waals surface area contributed by atoms with Crippen LogP contribution in [0.25, 0.3) is 0 Å². The van der Waals surface area contributed by atoms with Crippen LogP contribution in [-0.4, -0.2) is 24.4 Å². The van der Waals surface area contributed by atoms with E-state index in [1.807, 2.05) is 91.0 Å². The minimum atomic E-state index is -0.983. The highest BCUT2D eigenvalue weighted by atomic mass is 16.6. The molecular weight excluding hydrogens is 402 g/mol. The number of nitrogens with zero attached hydrogens (tertiary/aromatic N) is 1. The van der Waals surface area contributed by atoms with Gasteiger partial charge in [-0.15, -0.1) is 0 Å². The first-order valence-electron chi connectivity index (χ1n) is 10.7. The van der Waals surface area contributed by atoms with Gasteiger partial charge >= 0.3 is 0 Å². The lowest BCUT2D eigenvalue weighted by atomic mass is 9.65. The van der Waals surface area contributed by atoms with Gasteiger partial charge in [-0.1, -0.05) is 78.9 Å². The second-order valence-corrected chi connectivity index (χ2v) is 8.10. The van der Waals surface area contributed by atoms with Crippen molar-refractivity contribution in [1.82, 2.24) is 0 Å². The summed E-state index contributed by atoms with van der Waals surface area (Å²) in [4.78, 5) is 24.5. The van der Waals surface area contributed by atoms with Gasteiger partial charge in [0, 0.05) is 10.5 Å². The van der Waals surface area contributed by atoms with E-state index in [4.69, 9.17) is 4.74 Å². The summed E-state index contributed by atoms with van der Waals surface area (Å²) >= 11 is 0. The summed E-state index contributed by atoms with van der Waals surface area (Å²) in [6, 6.07) is 25.7. The molecule has 0 unspecified atom stereocenters. The van der Waals surface area contributed by atoms with Gasteiger partial charge in [-0.3, -0.25) is 14.9 Å². The lowest BCUT2D eigenvalue weighted by Crippen LogP contribution is -2.42. The standard InChI is InChI=1S/C27H25NO4/c1-32-24-14-8-13-21(17-24)26-22(15-19-9-4-2-5-10-19)16-23(18-29)25(27(26)28(30)31)20-11-6-3-7-12-20/h2-14,16-18,22,25-27H,15H2,1H3/t22-,25+,26+,27-/m0/s1. The minimum absolute atomic E-state index is 0.208. The molecule has 3 aromatic rings. The van der Waals surface area contributed by atoms with E-state index in [1.165, 1.54) is 0 Å². The molecule has 1 aliphatic rings. The molecule has 0 bridgehead atoms. The molecule has 4 rings (SSSR count). The van der Waals surface area contributed by atoms with Crippen LogP contribution in [0.1, 0.15) is 28.5 Å². The summed E-state index contributed by atoms with van der Waals surface area (Å²) in [5, 5.41) is 12.6. The number of ether oxygens (including phenoxy) is 1. The van der Waals surface area contributed by atoms with Gasteiger partial charge in [0.2, 0.25) is 6.04 Å². The molecule has 0 N–H and O–H groups in total. The monoisotopic (exact) mass is 427 g/mol. The van der Waals surface area contributed by atoms with Crippen molar-refractivity contribution in [2.45, 2.75) is 24.3 Å². The van der Waals surface area contributed by atoms with Crippen molar-refractivity contribution < 1.29 is 14.5 Å². The third-order valence-electron chi connectivity index (χ3n) is 6.27. The van der Waals surface area contributed by atoms with Crippen LogP contribution in [0.2, 0.25) is 0 Å². The molecule has 0 aliphatic heterocycles. The Kier molecular flexibility index (Phi) is 6.45. The number of hydrogen-bond acceptors (Lipinski definition) is 4. The van der Waals surface area contributed by atoms with Crippen LogP contribution in [0.4, 0.5) is 0 Å². The van der Waals surface area contributed by atoms with E-state index in [-0.39, 0.29) is 10.8 Å². The van der Waals surface area contributed by atoms with Crippen LogP contribution in [0.3, 0.4) is 0 Å². The van der Waals surface area contributed by atoms with Crippen molar-refractivity contribution in [2.24, 2.45) is 5.92 Å². The summed E-state index contributed by atoms with van der Waals surface area (Å²) in [6.45, 7) is 0. The van der Waals surface area contributed by atoms with E-state index in [0.29, 0.717) is 17.7 Å². The maximum absolute atomic E-state index is 12.6. The maximum atomic E-state index is 12.6. The second-order valence-electron chi connectivity index (χ2n) is 8.10. The van der Waals surface area contributed by atoms with Gasteiger partial charge in [-0.2, -0.15) is 0 Å². The number of aldehydes is 1. The molecule has 0 saturated heterocycles. The molecule has 0 saturated carbocycles. The predicted octanol–water partition coefficient (Wildman–Crippen LogP) is 5.21. The molecule has 0 aromatic heterocycles. The first-order chi connectivity index (χ1) is 15.6. The largest absolute Gasteiger partial charge is 0.497 e. The van der Waals surface area contributed by atoms with Crippen LogP contribution in [0.5, 0.6) is 5.75 Å². The Balaban J connectivity index is 1.89.